The molecular weight excluding hydrogens is 192 g/mol. The number of hydrogen-bond acceptors (Lipinski definition) is 3. The van der Waals surface area contributed by atoms with Crippen molar-refractivity contribution in [1.29, 1.82) is 0 Å². The Bertz CT molecular complexity index is 241. The number of carbonyl (C=O) groups is 2. The molecule has 1 amide bonds. The van der Waals surface area contributed by atoms with E-state index in [4.69, 9.17) is 5.73 Å². The molecule has 0 saturated heterocycles. The number of primary amides is 1. The molecule has 1 atom stereocenters. The molecule has 0 aliphatic heterocycles. The van der Waals surface area contributed by atoms with Crippen molar-refractivity contribution in [1.82, 2.24) is 4.90 Å². The van der Waals surface area contributed by atoms with Crippen molar-refractivity contribution in [2.45, 2.75) is 45.1 Å². The average Bonchev–Trinajstić information content (AvgIpc) is 2.39. The zero-order chi connectivity index (χ0) is 11.3. The minimum Gasteiger partial charge on any atom is -0.369 e. The van der Waals surface area contributed by atoms with Gasteiger partial charge in [0.15, 0.2) is 0 Å². The van der Waals surface area contributed by atoms with Crippen molar-refractivity contribution in [3.8, 4) is 0 Å². The number of nitrogens with zero attached hydrogens (tertiary/aromatic N) is 1. The third kappa shape index (κ3) is 3.63. The Kier molecular flexibility index (Phi) is 4.75. The van der Waals surface area contributed by atoms with Gasteiger partial charge in [-0.3, -0.25) is 14.5 Å². The molecule has 0 aromatic heterocycles. The van der Waals surface area contributed by atoms with Crippen LogP contribution in [0, 0.1) is 0 Å². The van der Waals surface area contributed by atoms with E-state index in [0.29, 0.717) is 13.0 Å². The first-order chi connectivity index (χ1) is 7.15. The topological polar surface area (TPSA) is 63.4 Å². The third-order valence-electron chi connectivity index (χ3n) is 2.98. The Morgan fingerprint density at radius 3 is 2.80 bits per heavy atom. The number of Topliss-reactive ketones (excluding diaryl/α,β-unsaturated/α-hetero) is 1. The van der Waals surface area contributed by atoms with Crippen LogP contribution in [0.1, 0.15) is 39.0 Å². The molecule has 0 spiro atoms. The molecule has 0 aromatic rings. The van der Waals surface area contributed by atoms with E-state index in [-0.39, 0.29) is 24.3 Å². The normalized spacial score (nSPS) is 22.8. The Morgan fingerprint density at radius 1 is 1.47 bits per heavy atom. The van der Waals surface area contributed by atoms with Crippen LogP contribution >= 0.6 is 0 Å². The molecule has 0 aromatic carbocycles. The number of rotatable bonds is 4. The molecule has 1 aliphatic carbocycles. The second kappa shape index (κ2) is 5.85. The lowest BCUT2D eigenvalue weighted by atomic mass is 10.1. The number of hydrogen-bond donors (Lipinski definition) is 1. The largest absolute Gasteiger partial charge is 0.369 e. The molecule has 1 fully saturated rings. The molecule has 1 rings (SSSR count). The third-order valence-corrected chi connectivity index (χ3v) is 2.98. The lowest BCUT2D eigenvalue weighted by molar-refractivity contribution is -0.126. The summed E-state index contributed by atoms with van der Waals surface area (Å²) in [6, 6.07) is -0.0787. The predicted octanol–water partition coefficient (Wildman–Crippen LogP) is 0.695. The van der Waals surface area contributed by atoms with Crippen molar-refractivity contribution >= 4 is 11.7 Å². The maximum atomic E-state index is 11.8. The highest BCUT2D eigenvalue weighted by Crippen LogP contribution is 2.18. The van der Waals surface area contributed by atoms with Crippen molar-refractivity contribution in [2.24, 2.45) is 5.73 Å². The predicted molar refractivity (Wildman–Crippen MR) is 58.3 cm³/mol. The Balaban J connectivity index is 2.62. The van der Waals surface area contributed by atoms with Gasteiger partial charge in [-0.2, -0.15) is 0 Å². The molecule has 15 heavy (non-hydrogen) atoms. The van der Waals surface area contributed by atoms with Gasteiger partial charge in [-0.15, -0.1) is 0 Å². The fraction of sp³-hybridized carbons (Fsp3) is 0.818. The summed E-state index contributed by atoms with van der Waals surface area (Å²) in [5.41, 5.74) is 5.17. The van der Waals surface area contributed by atoms with Crippen LogP contribution in [0.4, 0.5) is 0 Å². The Hall–Kier alpha value is -0.900. The van der Waals surface area contributed by atoms with Crippen LogP contribution in [0.25, 0.3) is 0 Å². The van der Waals surface area contributed by atoms with Gasteiger partial charge in [-0.25, -0.2) is 0 Å². The van der Waals surface area contributed by atoms with E-state index < -0.39 is 0 Å². The molecule has 0 radical (unpaired) electrons. The molecular formula is C11H20N2O2. The van der Waals surface area contributed by atoms with Gasteiger partial charge >= 0.3 is 0 Å². The van der Waals surface area contributed by atoms with E-state index in [2.05, 4.69) is 0 Å². The molecule has 1 unspecified atom stereocenters. The lowest BCUT2D eigenvalue weighted by Crippen LogP contribution is -2.44. The second-order valence-electron chi connectivity index (χ2n) is 4.11. The van der Waals surface area contributed by atoms with Crippen LogP contribution in [-0.2, 0) is 9.59 Å². The first-order valence-corrected chi connectivity index (χ1v) is 5.70. The number of nitrogens with two attached hydrogens (primary N) is 1. The first-order valence-electron chi connectivity index (χ1n) is 5.70. The number of amides is 1. The minimum atomic E-state index is -0.353. The average molecular weight is 212 g/mol. The van der Waals surface area contributed by atoms with Crippen molar-refractivity contribution < 1.29 is 9.59 Å². The van der Waals surface area contributed by atoms with Crippen LogP contribution in [0.15, 0.2) is 0 Å². The van der Waals surface area contributed by atoms with Crippen LogP contribution in [0.2, 0.25) is 0 Å². The van der Waals surface area contributed by atoms with E-state index in [1.807, 2.05) is 11.8 Å². The fourth-order valence-corrected chi connectivity index (χ4v) is 2.17. The summed E-state index contributed by atoms with van der Waals surface area (Å²) in [5.74, 6) is -0.0792. The smallest absolute Gasteiger partial charge is 0.231 e. The first kappa shape index (κ1) is 12.2. The van der Waals surface area contributed by atoms with E-state index in [1.54, 1.807) is 0 Å². The highest BCUT2D eigenvalue weighted by Gasteiger charge is 2.26. The highest BCUT2D eigenvalue weighted by molar-refractivity contribution is 5.85. The summed E-state index contributed by atoms with van der Waals surface area (Å²) >= 11 is 0. The Labute approximate surface area is 90.8 Å². The highest BCUT2D eigenvalue weighted by atomic mass is 16.1. The van der Waals surface area contributed by atoms with Gasteiger partial charge < -0.3 is 5.73 Å². The summed E-state index contributed by atoms with van der Waals surface area (Å²) in [5, 5.41) is 0. The molecule has 1 aliphatic rings. The molecule has 0 heterocycles. The van der Waals surface area contributed by atoms with Crippen LogP contribution in [0.3, 0.4) is 0 Å². The quantitative estimate of drug-likeness (QED) is 0.697. The van der Waals surface area contributed by atoms with Gasteiger partial charge in [0, 0.05) is 6.42 Å². The fourth-order valence-electron chi connectivity index (χ4n) is 2.17. The summed E-state index contributed by atoms with van der Waals surface area (Å²) in [7, 11) is 0. The van der Waals surface area contributed by atoms with Gasteiger partial charge in [-0.05, 0) is 19.4 Å². The maximum Gasteiger partial charge on any atom is 0.231 e. The van der Waals surface area contributed by atoms with Crippen LogP contribution in [0.5, 0.6) is 0 Å². The number of likely N-dealkylation sites (N-methyl/N-ethyl adjacent to an activating group) is 1. The zero-order valence-electron chi connectivity index (χ0n) is 9.37. The number of carbonyl (C=O) groups excluding carboxylic acids is 2. The molecule has 1 saturated carbocycles. The van der Waals surface area contributed by atoms with Gasteiger partial charge in [0.1, 0.15) is 5.78 Å². The van der Waals surface area contributed by atoms with E-state index in [0.717, 1.165) is 25.7 Å². The summed E-state index contributed by atoms with van der Waals surface area (Å²) in [4.78, 5) is 24.6. The van der Waals surface area contributed by atoms with Crippen LogP contribution in [-0.4, -0.2) is 35.7 Å². The van der Waals surface area contributed by atoms with E-state index in [1.165, 1.54) is 0 Å². The SMILES string of the molecule is CCN(CC(N)=O)C1CCCCCC1=O. The summed E-state index contributed by atoms with van der Waals surface area (Å²) in [6.45, 7) is 2.87. The lowest BCUT2D eigenvalue weighted by Gasteiger charge is -2.27. The van der Waals surface area contributed by atoms with Crippen LogP contribution < -0.4 is 5.73 Å². The molecule has 0 bridgehead atoms. The number of ketones is 1. The molecule has 86 valence electrons. The zero-order valence-corrected chi connectivity index (χ0v) is 9.37. The van der Waals surface area contributed by atoms with E-state index >= 15 is 0 Å². The minimum absolute atomic E-state index is 0.0787. The monoisotopic (exact) mass is 212 g/mol. The van der Waals surface area contributed by atoms with Gasteiger partial charge in [-0.1, -0.05) is 19.8 Å². The second-order valence-corrected chi connectivity index (χ2v) is 4.11. The molecule has 4 nitrogen and oxygen atoms in total. The standard InChI is InChI=1S/C11H20N2O2/c1-2-13(8-11(12)15)9-6-4-3-5-7-10(9)14/h9H,2-8H2,1H3,(H2,12,15). The Morgan fingerprint density at radius 2 is 2.20 bits per heavy atom. The molecule has 2 N–H and O–H groups in total. The van der Waals surface area contributed by atoms with Crippen molar-refractivity contribution in [3.05, 3.63) is 0 Å². The molecule has 4 heteroatoms. The van der Waals surface area contributed by atoms with Gasteiger partial charge in [0.25, 0.3) is 0 Å². The van der Waals surface area contributed by atoms with Crippen molar-refractivity contribution in [2.75, 3.05) is 13.1 Å². The summed E-state index contributed by atoms with van der Waals surface area (Å²) < 4.78 is 0. The maximum absolute atomic E-state index is 11.8. The van der Waals surface area contributed by atoms with Gasteiger partial charge in [0.05, 0.1) is 12.6 Å². The van der Waals surface area contributed by atoms with E-state index in [9.17, 15) is 9.59 Å². The van der Waals surface area contributed by atoms with Crippen molar-refractivity contribution in [3.63, 3.8) is 0 Å². The van der Waals surface area contributed by atoms with Gasteiger partial charge in [0.2, 0.25) is 5.91 Å². The summed E-state index contributed by atoms with van der Waals surface area (Å²) in [6.07, 6.45) is 4.71.